The molecule has 2 spiro atoms. The highest BCUT2D eigenvalue weighted by Gasteiger charge is 2.79. The summed E-state index contributed by atoms with van der Waals surface area (Å²) in [5, 5.41) is 24.7. The minimum absolute atomic E-state index is 0.225. The van der Waals surface area contributed by atoms with Gasteiger partial charge >= 0.3 is 0 Å². The highest BCUT2D eigenvalue weighted by atomic mass is 16.5. The third-order valence-electron chi connectivity index (χ3n) is 11.1. The monoisotopic (exact) mass is 535 g/mol. The molecule has 2 unspecified atom stereocenters. The van der Waals surface area contributed by atoms with Gasteiger partial charge in [0.15, 0.2) is 0 Å². The number of ether oxygens (including phenoxy) is 2. The van der Waals surface area contributed by atoms with Gasteiger partial charge in [-0.2, -0.15) is 0 Å². The Hall–Kier alpha value is -3.12. The zero-order valence-electron chi connectivity index (χ0n) is 23.2. The standard InChI is InChI=1S/C35H37NO4/c1-32(37,20-23-9-5-3-6-10-23)28-21-33-15-16-35(28,38)31-34(33)17-18-36(2)29(33)19-25-26(13-14-27(40-31)30(25)34)39-22-24-11-7-4-8-12-24/h3-16,28-29,31,37-38H,17-22H2,1-2H3/t28-,29?,31+,32-,33?,34-,35+/m0/s1. The highest BCUT2D eigenvalue weighted by molar-refractivity contribution is 5.64. The third-order valence-corrected chi connectivity index (χ3v) is 11.1. The zero-order valence-corrected chi connectivity index (χ0v) is 23.2. The Morgan fingerprint density at radius 1 is 1.00 bits per heavy atom. The second-order valence-corrected chi connectivity index (χ2v) is 13.1. The van der Waals surface area contributed by atoms with E-state index in [0.717, 1.165) is 48.4 Å². The van der Waals surface area contributed by atoms with E-state index in [-0.39, 0.29) is 22.8 Å². The van der Waals surface area contributed by atoms with Crippen LogP contribution in [0.25, 0.3) is 0 Å². The number of nitrogens with zero attached hydrogens (tertiary/aromatic N) is 1. The fourth-order valence-electron chi connectivity index (χ4n) is 9.48. The third kappa shape index (κ3) is 3.03. The van der Waals surface area contributed by atoms with Crippen LogP contribution in [0.5, 0.6) is 11.5 Å². The second kappa shape index (κ2) is 8.22. The summed E-state index contributed by atoms with van der Waals surface area (Å²) in [4.78, 5) is 2.50. The summed E-state index contributed by atoms with van der Waals surface area (Å²) in [6.45, 7) is 3.38. The van der Waals surface area contributed by atoms with Crippen LogP contribution in [0.2, 0.25) is 0 Å². The summed E-state index contributed by atoms with van der Waals surface area (Å²) in [6.07, 6.45) is 6.85. The van der Waals surface area contributed by atoms with Crippen LogP contribution in [0.15, 0.2) is 84.9 Å². The maximum absolute atomic E-state index is 12.6. The van der Waals surface area contributed by atoms with Gasteiger partial charge in [-0.05, 0) is 63.0 Å². The minimum atomic E-state index is -1.28. The lowest BCUT2D eigenvalue weighted by Gasteiger charge is -2.71. The Morgan fingerprint density at radius 2 is 1.73 bits per heavy atom. The number of rotatable bonds is 6. The molecule has 206 valence electrons. The normalized spacial score (nSPS) is 36.0. The Balaban J connectivity index is 1.24. The summed E-state index contributed by atoms with van der Waals surface area (Å²) in [6, 6.07) is 24.8. The number of benzene rings is 3. The molecule has 1 saturated heterocycles. The summed E-state index contributed by atoms with van der Waals surface area (Å²) in [7, 11) is 2.23. The largest absolute Gasteiger partial charge is 0.489 e. The van der Waals surface area contributed by atoms with Crippen molar-refractivity contribution in [2.45, 2.75) is 68.0 Å². The molecule has 4 aliphatic carbocycles. The maximum atomic E-state index is 12.6. The van der Waals surface area contributed by atoms with Gasteiger partial charge in [0.05, 0.1) is 11.0 Å². The molecule has 2 fully saturated rings. The summed E-state index contributed by atoms with van der Waals surface area (Å²) in [5.41, 5.74) is 1.73. The topological polar surface area (TPSA) is 62.2 Å². The van der Waals surface area contributed by atoms with Crippen molar-refractivity contribution in [3.63, 3.8) is 0 Å². The van der Waals surface area contributed by atoms with Gasteiger partial charge < -0.3 is 24.6 Å². The van der Waals surface area contributed by atoms with Gasteiger partial charge in [0.2, 0.25) is 0 Å². The lowest BCUT2D eigenvalue weighted by atomic mass is 9.36. The van der Waals surface area contributed by atoms with Gasteiger partial charge in [-0.15, -0.1) is 0 Å². The Bertz CT molecular complexity index is 1500. The van der Waals surface area contributed by atoms with Crippen LogP contribution in [-0.2, 0) is 24.9 Å². The molecule has 6 aliphatic rings. The molecule has 0 aromatic heterocycles. The maximum Gasteiger partial charge on any atom is 0.142 e. The van der Waals surface area contributed by atoms with Crippen molar-refractivity contribution in [1.29, 1.82) is 0 Å². The van der Waals surface area contributed by atoms with Crippen molar-refractivity contribution >= 4 is 0 Å². The lowest BCUT2D eigenvalue weighted by molar-refractivity contribution is -0.237. The van der Waals surface area contributed by atoms with Gasteiger partial charge in [-0.25, -0.2) is 0 Å². The smallest absolute Gasteiger partial charge is 0.142 e. The number of aliphatic hydroxyl groups is 2. The van der Waals surface area contributed by atoms with Crippen molar-refractivity contribution in [2.75, 3.05) is 13.6 Å². The summed E-state index contributed by atoms with van der Waals surface area (Å²) >= 11 is 0. The predicted octanol–water partition coefficient (Wildman–Crippen LogP) is 4.83. The van der Waals surface area contributed by atoms with Crippen LogP contribution in [0.1, 0.15) is 42.0 Å². The van der Waals surface area contributed by atoms with Crippen LogP contribution in [-0.4, -0.2) is 52.1 Å². The van der Waals surface area contributed by atoms with E-state index in [1.54, 1.807) is 0 Å². The first-order valence-electron chi connectivity index (χ1n) is 14.7. The Morgan fingerprint density at radius 3 is 2.48 bits per heavy atom. The highest BCUT2D eigenvalue weighted by Crippen LogP contribution is 2.74. The molecule has 3 aromatic carbocycles. The van der Waals surface area contributed by atoms with Crippen molar-refractivity contribution in [1.82, 2.24) is 4.90 Å². The number of fused-ring (bicyclic) bond motifs is 1. The predicted molar refractivity (Wildman–Crippen MR) is 153 cm³/mol. The van der Waals surface area contributed by atoms with Crippen molar-refractivity contribution in [3.05, 3.63) is 107 Å². The molecule has 2 heterocycles. The Kier molecular flexibility index (Phi) is 5.07. The molecular formula is C35H37NO4. The molecule has 2 N–H and O–H groups in total. The van der Waals surface area contributed by atoms with E-state index in [4.69, 9.17) is 9.47 Å². The minimum Gasteiger partial charge on any atom is -0.489 e. The fraction of sp³-hybridized carbons (Fsp3) is 0.429. The van der Waals surface area contributed by atoms with E-state index in [2.05, 4.69) is 54.4 Å². The lowest BCUT2D eigenvalue weighted by Crippen LogP contribution is -2.80. The molecule has 2 aliphatic heterocycles. The number of piperidine rings is 1. The molecule has 1 saturated carbocycles. The van der Waals surface area contributed by atoms with Crippen LogP contribution in [0.4, 0.5) is 0 Å². The van der Waals surface area contributed by atoms with Crippen molar-refractivity contribution in [2.24, 2.45) is 11.3 Å². The van der Waals surface area contributed by atoms with Crippen molar-refractivity contribution in [3.8, 4) is 11.5 Å². The first kappa shape index (κ1) is 24.7. The van der Waals surface area contributed by atoms with Crippen LogP contribution in [0, 0.1) is 11.3 Å². The van der Waals surface area contributed by atoms with Gasteiger partial charge in [0.25, 0.3) is 0 Å². The first-order chi connectivity index (χ1) is 19.3. The van der Waals surface area contributed by atoms with Crippen molar-refractivity contribution < 1.29 is 19.7 Å². The van der Waals surface area contributed by atoms with E-state index in [9.17, 15) is 10.2 Å². The Labute approximate surface area is 236 Å². The van der Waals surface area contributed by atoms with Gasteiger partial charge in [0, 0.05) is 34.9 Å². The number of hydrogen-bond donors (Lipinski definition) is 2. The van der Waals surface area contributed by atoms with Crippen LogP contribution < -0.4 is 9.47 Å². The summed E-state index contributed by atoms with van der Waals surface area (Å²) < 4.78 is 13.3. The van der Waals surface area contributed by atoms with Gasteiger partial charge in [-0.1, -0.05) is 72.8 Å². The van der Waals surface area contributed by atoms with Gasteiger partial charge in [0.1, 0.15) is 29.8 Å². The van der Waals surface area contributed by atoms with E-state index in [1.807, 2.05) is 49.4 Å². The van der Waals surface area contributed by atoms with E-state index in [0.29, 0.717) is 13.0 Å². The zero-order chi connectivity index (χ0) is 27.3. The average molecular weight is 536 g/mol. The molecule has 0 amide bonds. The van der Waals surface area contributed by atoms with Crippen LogP contribution in [0.3, 0.4) is 0 Å². The van der Waals surface area contributed by atoms with E-state index in [1.165, 1.54) is 11.1 Å². The molecule has 7 atom stereocenters. The van der Waals surface area contributed by atoms with E-state index < -0.39 is 17.3 Å². The molecular weight excluding hydrogens is 498 g/mol. The molecule has 5 nitrogen and oxygen atoms in total. The van der Waals surface area contributed by atoms with Gasteiger partial charge in [-0.3, -0.25) is 0 Å². The SMILES string of the molecule is CN1CC[C@@]23c4c5ccc(OCc6ccccc6)c4CC1C21C=C[C@@](O)([C@H]([C@@](C)(O)Cc2ccccc2)C1)[C@@H]3O5. The number of hydrogen-bond acceptors (Lipinski definition) is 5. The molecule has 9 rings (SSSR count). The van der Waals surface area contributed by atoms with Crippen LogP contribution >= 0.6 is 0 Å². The summed E-state index contributed by atoms with van der Waals surface area (Å²) in [5.74, 6) is 1.44. The molecule has 3 aromatic rings. The average Bonchev–Trinajstić information content (AvgIpc) is 3.32. The molecule has 5 heteroatoms. The fourth-order valence-corrected chi connectivity index (χ4v) is 9.48. The second-order valence-electron chi connectivity index (χ2n) is 13.1. The molecule has 0 radical (unpaired) electrons. The molecule has 4 bridgehead atoms. The quantitative estimate of drug-likeness (QED) is 0.443. The van der Waals surface area contributed by atoms with E-state index >= 15 is 0 Å². The molecule has 40 heavy (non-hydrogen) atoms. The number of likely N-dealkylation sites (tertiary alicyclic amines) is 1. The number of likely N-dealkylation sites (N-methyl/N-ethyl adjacent to an activating group) is 1. The first-order valence-corrected chi connectivity index (χ1v) is 14.7.